The Morgan fingerprint density at radius 1 is 1.38 bits per heavy atom. The Balaban J connectivity index is 2.40. The van der Waals surface area contributed by atoms with Crippen molar-refractivity contribution in [1.82, 2.24) is 5.32 Å². The van der Waals surface area contributed by atoms with Gasteiger partial charge in [-0.15, -0.1) is 0 Å². The molecule has 0 aliphatic heterocycles. The highest BCUT2D eigenvalue weighted by molar-refractivity contribution is 6.31. The first-order valence-electron chi connectivity index (χ1n) is 5.28. The summed E-state index contributed by atoms with van der Waals surface area (Å²) in [6.07, 6.45) is 1.76. The predicted molar refractivity (Wildman–Crippen MR) is 64.2 cm³/mol. The van der Waals surface area contributed by atoms with Crippen molar-refractivity contribution in [1.29, 1.82) is 5.26 Å². The van der Waals surface area contributed by atoms with Crippen LogP contribution >= 0.6 is 11.6 Å². The summed E-state index contributed by atoms with van der Waals surface area (Å²) in [7, 11) is 0. The fraction of sp³-hybridized carbons (Fsp3) is 0.417. The SMILES string of the molecule is N#Cc1ccc(CNCCCCO)c(Cl)c1. The molecule has 0 aliphatic carbocycles. The number of halogens is 1. The second-order valence-corrected chi connectivity index (χ2v) is 3.93. The molecule has 4 heteroatoms. The minimum absolute atomic E-state index is 0.235. The van der Waals surface area contributed by atoms with Crippen molar-refractivity contribution in [2.75, 3.05) is 13.2 Å². The maximum Gasteiger partial charge on any atom is 0.0992 e. The molecule has 0 aliphatic rings. The molecule has 0 heterocycles. The quantitative estimate of drug-likeness (QED) is 0.746. The van der Waals surface area contributed by atoms with Crippen molar-refractivity contribution in [2.24, 2.45) is 0 Å². The van der Waals surface area contributed by atoms with Gasteiger partial charge in [0.25, 0.3) is 0 Å². The molecule has 0 bridgehead atoms. The second kappa shape index (κ2) is 7.24. The molecule has 3 nitrogen and oxygen atoms in total. The van der Waals surface area contributed by atoms with Crippen LogP contribution in [0.2, 0.25) is 5.02 Å². The Morgan fingerprint density at radius 2 is 2.19 bits per heavy atom. The molecule has 2 N–H and O–H groups in total. The van der Waals surface area contributed by atoms with E-state index in [2.05, 4.69) is 5.32 Å². The predicted octanol–water partition coefficient (Wildman–Crippen LogP) is 2.07. The summed E-state index contributed by atoms with van der Waals surface area (Å²) in [6, 6.07) is 7.34. The molecule has 86 valence electrons. The summed E-state index contributed by atoms with van der Waals surface area (Å²) >= 11 is 6.02. The first-order chi connectivity index (χ1) is 7.77. The minimum Gasteiger partial charge on any atom is -0.396 e. The summed E-state index contributed by atoms with van der Waals surface area (Å²) in [4.78, 5) is 0. The van der Waals surface area contributed by atoms with Crippen LogP contribution in [0.1, 0.15) is 24.0 Å². The van der Waals surface area contributed by atoms with Gasteiger partial charge in [-0.3, -0.25) is 0 Å². The van der Waals surface area contributed by atoms with Gasteiger partial charge in [0.2, 0.25) is 0 Å². The number of hydrogen-bond acceptors (Lipinski definition) is 3. The molecule has 1 aromatic rings. The highest BCUT2D eigenvalue weighted by Crippen LogP contribution is 2.17. The van der Waals surface area contributed by atoms with Crippen LogP contribution < -0.4 is 5.32 Å². The van der Waals surface area contributed by atoms with Crippen LogP contribution in [0.3, 0.4) is 0 Å². The molecule has 0 aromatic heterocycles. The van der Waals surface area contributed by atoms with Gasteiger partial charge in [0.15, 0.2) is 0 Å². The van der Waals surface area contributed by atoms with E-state index in [-0.39, 0.29) is 6.61 Å². The molecule has 0 fully saturated rings. The van der Waals surface area contributed by atoms with E-state index in [4.69, 9.17) is 22.0 Å². The Kier molecular flexibility index (Phi) is 5.87. The van der Waals surface area contributed by atoms with Crippen molar-refractivity contribution in [3.8, 4) is 6.07 Å². The molecule has 1 aromatic carbocycles. The summed E-state index contributed by atoms with van der Waals surface area (Å²) in [6.45, 7) is 1.78. The van der Waals surface area contributed by atoms with Crippen LogP contribution in [-0.4, -0.2) is 18.3 Å². The van der Waals surface area contributed by atoms with Gasteiger partial charge in [-0.1, -0.05) is 17.7 Å². The molecular weight excluding hydrogens is 224 g/mol. The number of nitriles is 1. The first-order valence-corrected chi connectivity index (χ1v) is 5.66. The molecule has 1 rings (SSSR count). The van der Waals surface area contributed by atoms with Crippen LogP contribution in [0.25, 0.3) is 0 Å². The maximum absolute atomic E-state index is 8.68. The van der Waals surface area contributed by atoms with Crippen LogP contribution in [0.15, 0.2) is 18.2 Å². The highest BCUT2D eigenvalue weighted by Gasteiger charge is 2.01. The van der Waals surface area contributed by atoms with Crippen molar-refractivity contribution in [2.45, 2.75) is 19.4 Å². The van der Waals surface area contributed by atoms with Crippen molar-refractivity contribution in [3.05, 3.63) is 34.3 Å². The third kappa shape index (κ3) is 4.19. The number of hydrogen-bond donors (Lipinski definition) is 2. The van der Waals surface area contributed by atoms with E-state index < -0.39 is 0 Å². The van der Waals surface area contributed by atoms with E-state index in [1.807, 2.05) is 12.1 Å². The van der Waals surface area contributed by atoms with Gasteiger partial charge in [0.05, 0.1) is 11.6 Å². The maximum atomic E-state index is 8.68. The van der Waals surface area contributed by atoms with Crippen molar-refractivity contribution < 1.29 is 5.11 Å². The van der Waals surface area contributed by atoms with E-state index in [0.717, 1.165) is 24.9 Å². The van der Waals surface area contributed by atoms with E-state index in [0.29, 0.717) is 17.1 Å². The zero-order valence-corrected chi connectivity index (χ0v) is 9.80. The summed E-state index contributed by atoms with van der Waals surface area (Å²) < 4.78 is 0. The third-order valence-electron chi connectivity index (χ3n) is 2.26. The first kappa shape index (κ1) is 13.0. The molecule has 0 amide bonds. The number of nitrogens with one attached hydrogen (secondary N) is 1. The zero-order chi connectivity index (χ0) is 11.8. The fourth-order valence-corrected chi connectivity index (χ4v) is 1.59. The number of aliphatic hydroxyl groups is 1. The van der Waals surface area contributed by atoms with Gasteiger partial charge < -0.3 is 10.4 Å². The summed E-state index contributed by atoms with van der Waals surface area (Å²) in [5, 5.41) is 21.1. The molecule has 0 atom stereocenters. The summed E-state index contributed by atoms with van der Waals surface area (Å²) in [5.74, 6) is 0. The number of benzene rings is 1. The number of rotatable bonds is 6. The number of aliphatic hydroxyl groups excluding tert-OH is 1. The van der Waals surface area contributed by atoms with E-state index in [9.17, 15) is 0 Å². The molecular formula is C12H15ClN2O. The molecule has 0 spiro atoms. The minimum atomic E-state index is 0.235. The van der Waals surface area contributed by atoms with E-state index in [1.54, 1.807) is 12.1 Å². The van der Waals surface area contributed by atoms with Crippen molar-refractivity contribution >= 4 is 11.6 Å². The van der Waals surface area contributed by atoms with Crippen LogP contribution in [0.4, 0.5) is 0 Å². The van der Waals surface area contributed by atoms with Gasteiger partial charge in [-0.05, 0) is 37.1 Å². The average molecular weight is 239 g/mol. The van der Waals surface area contributed by atoms with Gasteiger partial charge in [0, 0.05) is 18.2 Å². The average Bonchev–Trinajstić information content (AvgIpc) is 2.30. The molecule has 0 saturated heterocycles. The second-order valence-electron chi connectivity index (χ2n) is 3.53. The van der Waals surface area contributed by atoms with Crippen LogP contribution in [-0.2, 0) is 6.54 Å². The number of unbranched alkanes of at least 4 members (excludes halogenated alkanes) is 1. The zero-order valence-electron chi connectivity index (χ0n) is 9.04. The van der Waals surface area contributed by atoms with Gasteiger partial charge in [0.1, 0.15) is 0 Å². The highest BCUT2D eigenvalue weighted by atomic mass is 35.5. The monoisotopic (exact) mass is 238 g/mol. The molecule has 0 saturated carbocycles. The number of nitrogens with zero attached hydrogens (tertiary/aromatic N) is 1. The fourth-order valence-electron chi connectivity index (χ4n) is 1.35. The van der Waals surface area contributed by atoms with Crippen LogP contribution in [0, 0.1) is 11.3 Å². The van der Waals surface area contributed by atoms with Gasteiger partial charge in [-0.25, -0.2) is 0 Å². The molecule has 0 radical (unpaired) electrons. The Labute approximate surface area is 101 Å². The molecule has 16 heavy (non-hydrogen) atoms. The standard InChI is InChI=1S/C12H15ClN2O/c13-12-7-10(8-14)3-4-11(12)9-15-5-1-2-6-16/h3-4,7,15-16H,1-2,5-6,9H2. The lowest BCUT2D eigenvalue weighted by Crippen LogP contribution is -2.15. The summed E-state index contributed by atoms with van der Waals surface area (Å²) in [5.41, 5.74) is 1.57. The van der Waals surface area contributed by atoms with Crippen molar-refractivity contribution in [3.63, 3.8) is 0 Å². The largest absolute Gasteiger partial charge is 0.396 e. The lowest BCUT2D eigenvalue weighted by Gasteiger charge is -2.06. The lowest BCUT2D eigenvalue weighted by molar-refractivity contribution is 0.283. The van der Waals surface area contributed by atoms with Crippen LogP contribution in [0.5, 0.6) is 0 Å². The van der Waals surface area contributed by atoms with Gasteiger partial charge >= 0.3 is 0 Å². The Morgan fingerprint density at radius 3 is 2.81 bits per heavy atom. The lowest BCUT2D eigenvalue weighted by atomic mass is 10.1. The van der Waals surface area contributed by atoms with E-state index >= 15 is 0 Å². The Bertz CT molecular complexity index is 374. The normalized spacial score (nSPS) is 10.1. The smallest absolute Gasteiger partial charge is 0.0992 e. The van der Waals surface area contributed by atoms with E-state index in [1.165, 1.54) is 0 Å². The third-order valence-corrected chi connectivity index (χ3v) is 2.61. The Hall–Kier alpha value is -1.08. The topological polar surface area (TPSA) is 56.0 Å². The molecule has 0 unspecified atom stereocenters. The van der Waals surface area contributed by atoms with Gasteiger partial charge in [-0.2, -0.15) is 5.26 Å².